The Bertz CT molecular complexity index is 907. The first kappa shape index (κ1) is 16.8. The molecule has 0 saturated heterocycles. The average Bonchev–Trinajstić information content (AvgIpc) is 2.91. The Morgan fingerprint density at radius 2 is 2.17 bits per heavy atom. The number of primary amides is 1. The van der Waals surface area contributed by atoms with Gasteiger partial charge in [-0.3, -0.25) is 4.79 Å². The van der Waals surface area contributed by atoms with Crippen LogP contribution < -0.4 is 15.8 Å². The number of hydrogen-bond acceptors (Lipinski definition) is 4. The van der Waals surface area contributed by atoms with E-state index in [1.165, 1.54) is 16.8 Å². The molecular weight excluding hydrogens is 352 g/mol. The number of carbonyl (C=O) groups excluding carboxylic acids is 1. The lowest BCUT2D eigenvalue weighted by Crippen LogP contribution is -2.32. The number of hydrogen-bond donors (Lipinski definition) is 3. The molecule has 3 rings (SSSR count). The molecule has 2 heterocycles. The topological polar surface area (TPSA) is 106 Å². The smallest absolute Gasteiger partial charge is 0.265 e. The van der Waals surface area contributed by atoms with Gasteiger partial charge in [0.15, 0.2) is 0 Å². The van der Waals surface area contributed by atoms with Crippen molar-refractivity contribution in [3.63, 3.8) is 0 Å². The highest BCUT2D eigenvalue weighted by molar-refractivity contribution is 7.89. The van der Waals surface area contributed by atoms with Crippen molar-refractivity contribution in [2.75, 3.05) is 11.9 Å². The van der Waals surface area contributed by atoms with E-state index in [9.17, 15) is 13.2 Å². The number of nitrogens with one attached hydrogen (secondary N) is 2. The van der Waals surface area contributed by atoms with Gasteiger partial charge in [-0.1, -0.05) is 11.6 Å². The van der Waals surface area contributed by atoms with Gasteiger partial charge < -0.3 is 15.6 Å². The Morgan fingerprint density at radius 3 is 2.83 bits per heavy atom. The van der Waals surface area contributed by atoms with Crippen molar-refractivity contribution in [1.29, 1.82) is 0 Å². The van der Waals surface area contributed by atoms with E-state index in [4.69, 9.17) is 17.3 Å². The fourth-order valence-electron chi connectivity index (χ4n) is 2.79. The van der Waals surface area contributed by atoms with Gasteiger partial charge in [-0.2, -0.15) is 0 Å². The quantitative estimate of drug-likeness (QED) is 0.762. The summed E-state index contributed by atoms with van der Waals surface area (Å²) < 4.78 is 29.4. The molecule has 0 fully saturated rings. The van der Waals surface area contributed by atoms with Crippen molar-refractivity contribution in [3.05, 3.63) is 46.7 Å². The Morgan fingerprint density at radius 1 is 1.42 bits per heavy atom. The number of carbonyl (C=O) groups is 1. The highest BCUT2D eigenvalue weighted by Gasteiger charge is 2.27. The van der Waals surface area contributed by atoms with Gasteiger partial charge in [0.05, 0.1) is 6.04 Å². The van der Waals surface area contributed by atoms with Gasteiger partial charge in [0.1, 0.15) is 10.6 Å². The Labute approximate surface area is 144 Å². The summed E-state index contributed by atoms with van der Waals surface area (Å²) in [6.45, 7) is 0.642. The molecule has 1 aliphatic heterocycles. The van der Waals surface area contributed by atoms with Crippen molar-refractivity contribution in [1.82, 2.24) is 9.29 Å². The van der Waals surface area contributed by atoms with Crippen LogP contribution in [0.25, 0.3) is 0 Å². The molecule has 2 aromatic rings. The predicted molar refractivity (Wildman–Crippen MR) is 91.6 cm³/mol. The summed E-state index contributed by atoms with van der Waals surface area (Å²) in [4.78, 5) is 11.3. The van der Waals surface area contributed by atoms with E-state index in [1.807, 2.05) is 6.07 Å². The van der Waals surface area contributed by atoms with Crippen LogP contribution in [-0.4, -0.2) is 25.4 Å². The Hall–Kier alpha value is -2.03. The number of benzene rings is 1. The fraction of sp³-hybridized carbons (Fsp3) is 0.267. The molecule has 0 bridgehead atoms. The number of nitrogens with zero attached hydrogens (tertiary/aromatic N) is 1. The van der Waals surface area contributed by atoms with E-state index in [2.05, 4.69) is 10.0 Å². The second-order valence-electron chi connectivity index (χ2n) is 5.66. The lowest BCUT2D eigenvalue weighted by atomic mass is 9.99. The number of aromatic nitrogens is 1. The monoisotopic (exact) mass is 368 g/mol. The fourth-order valence-corrected chi connectivity index (χ4v) is 4.29. The third-order valence-corrected chi connectivity index (χ3v) is 5.65. The Balaban J connectivity index is 1.93. The first-order valence-corrected chi connectivity index (χ1v) is 9.16. The Kier molecular flexibility index (Phi) is 4.29. The number of fused-ring (bicyclic) bond motifs is 1. The molecule has 0 spiro atoms. The minimum Gasteiger partial charge on any atom is -0.385 e. The molecule has 1 amide bonds. The van der Waals surface area contributed by atoms with Crippen molar-refractivity contribution in [3.8, 4) is 0 Å². The number of nitrogens with two attached hydrogens (primary N) is 1. The van der Waals surface area contributed by atoms with Crippen molar-refractivity contribution < 1.29 is 13.2 Å². The normalized spacial score (nSPS) is 17.2. The summed E-state index contributed by atoms with van der Waals surface area (Å²) in [7, 11) is -2.23. The SMILES string of the molecule is Cn1cc(S(=O)(=O)NC2CCNc3ccc(Cl)cc32)cc1C(N)=O. The van der Waals surface area contributed by atoms with Crippen molar-refractivity contribution in [2.45, 2.75) is 17.4 Å². The van der Waals surface area contributed by atoms with Crippen LogP contribution in [0.4, 0.5) is 5.69 Å². The first-order valence-electron chi connectivity index (χ1n) is 7.30. The molecule has 1 aromatic heterocycles. The highest BCUT2D eigenvalue weighted by atomic mass is 35.5. The summed E-state index contributed by atoms with van der Waals surface area (Å²) >= 11 is 6.03. The van der Waals surface area contributed by atoms with Crippen LogP contribution in [0.1, 0.15) is 28.5 Å². The van der Waals surface area contributed by atoms with E-state index in [-0.39, 0.29) is 10.6 Å². The van der Waals surface area contributed by atoms with Crippen LogP contribution in [0.5, 0.6) is 0 Å². The minimum absolute atomic E-state index is 0.000843. The van der Waals surface area contributed by atoms with Crippen LogP contribution in [0.2, 0.25) is 5.02 Å². The maximum Gasteiger partial charge on any atom is 0.265 e. The predicted octanol–water partition coefficient (Wildman–Crippen LogP) is 1.61. The third kappa shape index (κ3) is 3.12. The standard InChI is InChI=1S/C15H17ClN4O3S/c1-20-8-10(7-14(20)15(17)21)24(22,23)19-13-4-5-18-12-3-2-9(16)6-11(12)13/h2-3,6-8,13,18-19H,4-5H2,1H3,(H2,17,21). The van der Waals surface area contributed by atoms with Gasteiger partial charge in [0, 0.05) is 30.5 Å². The van der Waals surface area contributed by atoms with Crippen LogP contribution >= 0.6 is 11.6 Å². The van der Waals surface area contributed by atoms with Crippen molar-refractivity contribution in [2.24, 2.45) is 12.8 Å². The number of sulfonamides is 1. The lowest BCUT2D eigenvalue weighted by molar-refractivity contribution is 0.0992. The zero-order chi connectivity index (χ0) is 17.5. The summed E-state index contributed by atoms with van der Waals surface area (Å²) in [6.07, 6.45) is 1.95. The molecule has 0 aliphatic carbocycles. The van der Waals surface area contributed by atoms with Crippen LogP contribution in [0.15, 0.2) is 35.4 Å². The zero-order valence-electron chi connectivity index (χ0n) is 12.9. The first-order chi connectivity index (χ1) is 11.3. The highest BCUT2D eigenvalue weighted by Crippen LogP contribution is 2.33. The van der Waals surface area contributed by atoms with E-state index in [0.29, 0.717) is 18.0 Å². The van der Waals surface area contributed by atoms with E-state index < -0.39 is 22.0 Å². The van der Waals surface area contributed by atoms with Gasteiger partial charge in [-0.25, -0.2) is 13.1 Å². The van der Waals surface area contributed by atoms with E-state index in [0.717, 1.165) is 11.3 Å². The van der Waals surface area contributed by atoms with E-state index >= 15 is 0 Å². The van der Waals surface area contributed by atoms with Gasteiger partial charge in [-0.05, 0) is 36.2 Å². The number of amides is 1. The van der Waals surface area contributed by atoms with Crippen molar-refractivity contribution >= 4 is 33.2 Å². The minimum atomic E-state index is -3.80. The second kappa shape index (κ2) is 6.12. The molecule has 24 heavy (non-hydrogen) atoms. The summed E-state index contributed by atoms with van der Waals surface area (Å²) in [5.74, 6) is -0.682. The van der Waals surface area contributed by atoms with Gasteiger partial charge in [-0.15, -0.1) is 0 Å². The number of rotatable bonds is 4. The van der Waals surface area contributed by atoms with Crippen LogP contribution in [-0.2, 0) is 17.1 Å². The molecule has 0 saturated carbocycles. The average molecular weight is 369 g/mol. The van der Waals surface area contributed by atoms with Crippen LogP contribution in [0.3, 0.4) is 0 Å². The van der Waals surface area contributed by atoms with Gasteiger partial charge in [0.25, 0.3) is 5.91 Å². The van der Waals surface area contributed by atoms with E-state index in [1.54, 1.807) is 19.2 Å². The number of aryl methyl sites for hydroxylation is 1. The maximum absolute atomic E-state index is 12.7. The molecule has 1 unspecified atom stereocenters. The summed E-state index contributed by atoms with van der Waals surface area (Å²) in [5, 5.41) is 3.75. The van der Waals surface area contributed by atoms with Crippen LogP contribution in [0, 0.1) is 0 Å². The molecule has 128 valence electrons. The molecular formula is C15H17ClN4O3S. The largest absolute Gasteiger partial charge is 0.385 e. The number of halogens is 1. The number of anilines is 1. The molecule has 1 aliphatic rings. The second-order valence-corrected chi connectivity index (χ2v) is 7.81. The zero-order valence-corrected chi connectivity index (χ0v) is 14.5. The molecule has 0 radical (unpaired) electrons. The maximum atomic E-state index is 12.7. The van der Waals surface area contributed by atoms with Gasteiger partial charge in [0.2, 0.25) is 10.0 Å². The lowest BCUT2D eigenvalue weighted by Gasteiger charge is -2.27. The molecule has 1 atom stereocenters. The summed E-state index contributed by atoms with van der Waals surface area (Å²) in [6, 6.07) is 6.19. The molecule has 9 heteroatoms. The summed E-state index contributed by atoms with van der Waals surface area (Å²) in [5.41, 5.74) is 7.01. The van der Waals surface area contributed by atoms with Gasteiger partial charge >= 0.3 is 0 Å². The molecule has 1 aromatic carbocycles. The third-order valence-electron chi connectivity index (χ3n) is 3.98. The molecule has 7 nitrogen and oxygen atoms in total. The molecule has 4 N–H and O–H groups in total.